The molecule has 0 aromatic carbocycles. The Morgan fingerprint density at radius 1 is 1.20 bits per heavy atom. The summed E-state index contributed by atoms with van der Waals surface area (Å²) in [6, 6.07) is 2.15. The van der Waals surface area contributed by atoms with Crippen LogP contribution in [0.25, 0.3) is 0 Å². The van der Waals surface area contributed by atoms with Gasteiger partial charge in [0.1, 0.15) is 0 Å². The first-order valence-electron chi connectivity index (χ1n) is 6.03. The van der Waals surface area contributed by atoms with Crippen LogP contribution in [0.1, 0.15) is 38.5 Å². The zero-order valence-electron chi connectivity index (χ0n) is 9.19. The van der Waals surface area contributed by atoms with Crippen LogP contribution in [0.5, 0.6) is 0 Å². The molecule has 15 heavy (non-hydrogen) atoms. The molecule has 2 aliphatic carbocycles. The summed E-state index contributed by atoms with van der Waals surface area (Å²) in [4.78, 5) is 0. The summed E-state index contributed by atoms with van der Waals surface area (Å²) in [6.45, 7) is 0.769. The third kappa shape index (κ3) is 2.82. The number of ether oxygens (including phenoxy) is 1. The van der Waals surface area contributed by atoms with Gasteiger partial charge in [-0.2, -0.15) is 5.26 Å². The van der Waals surface area contributed by atoms with Crippen LogP contribution in [0.15, 0.2) is 12.2 Å². The van der Waals surface area contributed by atoms with Crippen LogP contribution in [-0.2, 0) is 4.74 Å². The van der Waals surface area contributed by atoms with Gasteiger partial charge in [-0.3, -0.25) is 0 Å². The maximum atomic E-state index is 8.41. The molecule has 0 aliphatic heterocycles. The number of fused-ring (bicyclic) bond motifs is 1. The van der Waals surface area contributed by atoms with E-state index < -0.39 is 0 Å². The number of unbranched alkanes of at least 4 members (excludes halogenated alkanes) is 1. The Balaban J connectivity index is 1.67. The summed E-state index contributed by atoms with van der Waals surface area (Å²) < 4.78 is 5.82. The first kappa shape index (κ1) is 10.7. The summed E-state index contributed by atoms with van der Waals surface area (Å²) >= 11 is 0. The highest BCUT2D eigenvalue weighted by atomic mass is 16.5. The average molecular weight is 205 g/mol. The van der Waals surface area contributed by atoms with Crippen molar-refractivity contribution in [3.63, 3.8) is 0 Å². The topological polar surface area (TPSA) is 33.0 Å². The van der Waals surface area contributed by atoms with Gasteiger partial charge in [0, 0.05) is 13.0 Å². The lowest BCUT2D eigenvalue weighted by Crippen LogP contribution is -2.09. The van der Waals surface area contributed by atoms with Crippen LogP contribution in [-0.4, -0.2) is 12.7 Å². The molecule has 1 saturated carbocycles. The van der Waals surface area contributed by atoms with Gasteiger partial charge in [-0.1, -0.05) is 12.2 Å². The van der Waals surface area contributed by atoms with E-state index in [0.29, 0.717) is 12.5 Å². The van der Waals surface area contributed by atoms with Crippen molar-refractivity contribution in [2.75, 3.05) is 6.61 Å². The Hall–Kier alpha value is -0.810. The van der Waals surface area contributed by atoms with E-state index in [1.807, 2.05) is 0 Å². The molecular weight excluding hydrogens is 186 g/mol. The van der Waals surface area contributed by atoms with Crippen LogP contribution in [0.4, 0.5) is 0 Å². The predicted octanol–water partition coefficient (Wildman–Crippen LogP) is 3.05. The molecule has 0 N–H and O–H groups in total. The molecule has 2 heteroatoms. The minimum Gasteiger partial charge on any atom is -0.378 e. The van der Waals surface area contributed by atoms with E-state index in [1.165, 1.54) is 25.7 Å². The largest absolute Gasteiger partial charge is 0.378 e. The smallest absolute Gasteiger partial charge is 0.0622 e. The number of hydrogen-bond acceptors (Lipinski definition) is 2. The van der Waals surface area contributed by atoms with Crippen molar-refractivity contribution in [1.82, 2.24) is 0 Å². The number of nitrogens with zero attached hydrogens (tertiary/aromatic N) is 1. The van der Waals surface area contributed by atoms with Gasteiger partial charge in [-0.05, 0) is 43.9 Å². The minimum atomic E-state index is 0.471. The van der Waals surface area contributed by atoms with E-state index >= 15 is 0 Å². The van der Waals surface area contributed by atoms with E-state index in [4.69, 9.17) is 10.00 Å². The summed E-state index contributed by atoms with van der Waals surface area (Å²) in [6.07, 6.45) is 11.6. The summed E-state index contributed by atoms with van der Waals surface area (Å²) in [5.41, 5.74) is 0. The highest BCUT2D eigenvalue weighted by molar-refractivity contribution is 4.99. The van der Waals surface area contributed by atoms with Gasteiger partial charge in [0.15, 0.2) is 0 Å². The molecule has 0 aromatic heterocycles. The molecule has 1 fully saturated rings. The zero-order chi connectivity index (χ0) is 10.5. The lowest BCUT2D eigenvalue weighted by atomic mass is 9.86. The second kappa shape index (κ2) is 5.32. The van der Waals surface area contributed by atoms with Crippen molar-refractivity contribution in [2.45, 2.75) is 44.6 Å². The lowest BCUT2D eigenvalue weighted by Gasteiger charge is -2.19. The monoisotopic (exact) mass is 205 g/mol. The van der Waals surface area contributed by atoms with Crippen molar-refractivity contribution >= 4 is 0 Å². The molecule has 2 nitrogen and oxygen atoms in total. The highest BCUT2D eigenvalue weighted by Gasteiger charge is 2.34. The first-order chi connectivity index (χ1) is 7.40. The van der Waals surface area contributed by atoms with Gasteiger partial charge in [0.25, 0.3) is 0 Å². The molecule has 0 aromatic rings. The van der Waals surface area contributed by atoms with Crippen molar-refractivity contribution in [3.05, 3.63) is 12.2 Å². The molecule has 0 unspecified atom stereocenters. The maximum absolute atomic E-state index is 8.41. The first-order valence-corrected chi connectivity index (χ1v) is 6.03. The Kier molecular flexibility index (Phi) is 3.80. The Bertz CT molecular complexity index is 250. The number of nitriles is 1. The van der Waals surface area contributed by atoms with Crippen molar-refractivity contribution < 1.29 is 4.74 Å². The van der Waals surface area contributed by atoms with Crippen molar-refractivity contribution in [1.29, 1.82) is 5.26 Å². The molecule has 0 spiro atoms. The maximum Gasteiger partial charge on any atom is 0.0622 e. The van der Waals surface area contributed by atoms with E-state index in [2.05, 4.69) is 18.2 Å². The van der Waals surface area contributed by atoms with Crippen LogP contribution in [0.3, 0.4) is 0 Å². The Labute approximate surface area is 91.9 Å². The van der Waals surface area contributed by atoms with Gasteiger partial charge in [0.05, 0.1) is 12.2 Å². The SMILES string of the molecule is N#CCCCO[C@H]1C[C@H]2CC=CC[C@H]2C1. The Morgan fingerprint density at radius 3 is 2.47 bits per heavy atom. The zero-order valence-corrected chi connectivity index (χ0v) is 9.19. The number of hydrogen-bond donors (Lipinski definition) is 0. The van der Waals surface area contributed by atoms with E-state index in [1.54, 1.807) is 0 Å². The highest BCUT2D eigenvalue weighted by Crippen LogP contribution is 2.40. The molecule has 3 atom stereocenters. The van der Waals surface area contributed by atoms with E-state index in [-0.39, 0.29) is 0 Å². The summed E-state index contributed by atoms with van der Waals surface area (Å²) in [5, 5.41) is 8.41. The average Bonchev–Trinajstić information content (AvgIpc) is 2.67. The molecule has 0 radical (unpaired) electrons. The minimum absolute atomic E-state index is 0.471. The van der Waals surface area contributed by atoms with Gasteiger partial charge in [-0.15, -0.1) is 0 Å². The van der Waals surface area contributed by atoms with E-state index in [9.17, 15) is 0 Å². The fourth-order valence-electron chi connectivity index (χ4n) is 2.81. The van der Waals surface area contributed by atoms with Crippen LogP contribution in [0.2, 0.25) is 0 Å². The van der Waals surface area contributed by atoms with Gasteiger partial charge < -0.3 is 4.74 Å². The normalized spacial score (nSPS) is 33.7. The fraction of sp³-hybridized carbons (Fsp3) is 0.769. The molecule has 0 amide bonds. The number of rotatable bonds is 4. The van der Waals surface area contributed by atoms with E-state index in [0.717, 1.165) is 24.9 Å². The predicted molar refractivity (Wildman–Crippen MR) is 59.2 cm³/mol. The van der Waals surface area contributed by atoms with Crippen molar-refractivity contribution in [3.8, 4) is 6.07 Å². The quantitative estimate of drug-likeness (QED) is 0.522. The second-order valence-electron chi connectivity index (χ2n) is 4.69. The summed E-state index contributed by atoms with van der Waals surface area (Å²) in [5.74, 6) is 1.74. The molecule has 82 valence electrons. The van der Waals surface area contributed by atoms with Crippen LogP contribution >= 0.6 is 0 Å². The lowest BCUT2D eigenvalue weighted by molar-refractivity contribution is 0.0532. The fourth-order valence-corrected chi connectivity index (χ4v) is 2.81. The molecule has 0 saturated heterocycles. The van der Waals surface area contributed by atoms with Crippen LogP contribution in [0, 0.1) is 23.2 Å². The third-order valence-electron chi connectivity index (χ3n) is 3.63. The summed E-state index contributed by atoms with van der Waals surface area (Å²) in [7, 11) is 0. The second-order valence-corrected chi connectivity index (χ2v) is 4.69. The molecule has 2 rings (SSSR count). The molecule has 0 heterocycles. The Morgan fingerprint density at radius 2 is 1.87 bits per heavy atom. The molecule has 2 aliphatic rings. The van der Waals surface area contributed by atoms with Crippen molar-refractivity contribution in [2.24, 2.45) is 11.8 Å². The van der Waals surface area contributed by atoms with Crippen LogP contribution < -0.4 is 0 Å². The van der Waals surface area contributed by atoms with Gasteiger partial charge in [0.2, 0.25) is 0 Å². The third-order valence-corrected chi connectivity index (χ3v) is 3.63. The number of allylic oxidation sites excluding steroid dienone is 2. The molecular formula is C13H19NO. The van der Waals surface area contributed by atoms with Gasteiger partial charge in [-0.25, -0.2) is 0 Å². The van der Waals surface area contributed by atoms with Gasteiger partial charge >= 0.3 is 0 Å². The molecule has 0 bridgehead atoms. The standard InChI is InChI=1S/C13H19NO/c14-7-3-4-8-15-13-9-11-5-1-2-6-12(11)10-13/h1-2,11-13H,3-6,8-10H2/t11-,12+,13+.